The molecule has 0 saturated carbocycles. The van der Waals surface area contributed by atoms with Crippen LogP contribution in [0.25, 0.3) is 16.6 Å². The fraction of sp³-hybridized carbons (Fsp3) is 0.136. The van der Waals surface area contributed by atoms with Gasteiger partial charge in [0.25, 0.3) is 5.91 Å². The largest absolute Gasteiger partial charge is 0.417 e. The molecule has 0 fully saturated rings. The molecule has 0 spiro atoms. The molecule has 5 rings (SSSR count). The number of benzene rings is 1. The van der Waals surface area contributed by atoms with Crippen LogP contribution in [-0.4, -0.2) is 35.0 Å². The first-order valence-electron chi connectivity index (χ1n) is 10.4. The van der Waals surface area contributed by atoms with Crippen LogP contribution >= 0.6 is 0 Å². The second-order valence-corrected chi connectivity index (χ2v) is 7.85. The van der Waals surface area contributed by atoms with Gasteiger partial charge in [0.1, 0.15) is 17.2 Å². The Hall–Kier alpha value is -4.69. The number of aromatic nitrogens is 6. The van der Waals surface area contributed by atoms with Gasteiger partial charge in [0.2, 0.25) is 0 Å². The molecule has 1 amide bonds. The highest BCUT2D eigenvalue weighted by Gasteiger charge is 2.31. The van der Waals surface area contributed by atoms with Gasteiger partial charge in [-0.2, -0.15) is 27.1 Å². The monoisotopic (exact) mass is 520 g/mol. The van der Waals surface area contributed by atoms with E-state index in [0.29, 0.717) is 11.7 Å². The van der Waals surface area contributed by atoms with Crippen molar-refractivity contribution in [1.82, 2.24) is 29.1 Å². The molecular formula is C22H14F6N8O. The Bertz CT molecular complexity index is 1630. The second kappa shape index (κ2) is 8.76. The number of carbonyl (C=O) groups is 1. The molecule has 4 heterocycles. The van der Waals surface area contributed by atoms with Crippen LogP contribution in [0, 0.1) is 5.82 Å². The van der Waals surface area contributed by atoms with Gasteiger partial charge in [-0.15, -0.1) is 0 Å². The molecule has 37 heavy (non-hydrogen) atoms. The number of nitrogen functional groups attached to an aromatic ring is 1. The maximum absolute atomic E-state index is 15.1. The van der Waals surface area contributed by atoms with E-state index in [0.717, 1.165) is 35.5 Å². The molecular weight excluding hydrogens is 506 g/mol. The fourth-order valence-corrected chi connectivity index (χ4v) is 3.71. The number of alkyl halides is 5. The lowest BCUT2D eigenvalue weighted by molar-refractivity contribution is -0.137. The van der Waals surface area contributed by atoms with Crippen LogP contribution in [0.3, 0.4) is 0 Å². The Morgan fingerprint density at radius 2 is 1.89 bits per heavy atom. The van der Waals surface area contributed by atoms with Gasteiger partial charge >= 0.3 is 12.7 Å². The van der Waals surface area contributed by atoms with E-state index in [9.17, 15) is 26.7 Å². The minimum absolute atomic E-state index is 0.0150. The topological polar surface area (TPSA) is 107 Å². The number of carbonyl (C=O) groups excluding carboxylic acids is 1. The Morgan fingerprint density at radius 1 is 1.11 bits per heavy atom. The van der Waals surface area contributed by atoms with Crippen molar-refractivity contribution in [2.45, 2.75) is 19.3 Å². The summed E-state index contributed by atoms with van der Waals surface area (Å²) in [6.07, 6.45) is 0.546. The molecule has 0 atom stereocenters. The summed E-state index contributed by atoms with van der Waals surface area (Å²) in [6, 6.07) is 3.96. The summed E-state index contributed by atoms with van der Waals surface area (Å²) in [6.45, 7) is -3.50. The Kier molecular flexibility index (Phi) is 5.69. The van der Waals surface area contributed by atoms with Crippen molar-refractivity contribution in [2.24, 2.45) is 0 Å². The molecule has 4 aromatic heterocycles. The molecule has 9 nitrogen and oxygen atoms in total. The van der Waals surface area contributed by atoms with Gasteiger partial charge in [-0.3, -0.25) is 19.1 Å². The van der Waals surface area contributed by atoms with E-state index in [1.165, 1.54) is 23.0 Å². The van der Waals surface area contributed by atoms with Gasteiger partial charge in [0.15, 0.2) is 0 Å². The fourth-order valence-electron chi connectivity index (χ4n) is 3.71. The minimum atomic E-state index is -4.64. The molecule has 0 radical (unpaired) electrons. The smallest absolute Gasteiger partial charge is 0.382 e. The third-order valence-corrected chi connectivity index (χ3v) is 5.51. The average Bonchev–Trinajstić information content (AvgIpc) is 3.52. The highest BCUT2D eigenvalue weighted by atomic mass is 19.4. The van der Waals surface area contributed by atoms with Crippen molar-refractivity contribution in [3.63, 3.8) is 0 Å². The predicted molar refractivity (Wildman–Crippen MR) is 118 cm³/mol. The number of imidazole rings is 1. The van der Waals surface area contributed by atoms with E-state index >= 15 is 4.39 Å². The molecule has 15 heteroatoms. The maximum Gasteiger partial charge on any atom is 0.417 e. The van der Waals surface area contributed by atoms with Gasteiger partial charge in [-0.05, 0) is 18.2 Å². The van der Waals surface area contributed by atoms with Crippen LogP contribution in [0.4, 0.5) is 37.8 Å². The number of hydrogen-bond acceptors (Lipinski definition) is 6. The molecule has 1 aromatic carbocycles. The summed E-state index contributed by atoms with van der Waals surface area (Å²) in [5, 5.41) is 3.49. The first-order valence-corrected chi connectivity index (χ1v) is 10.4. The minimum Gasteiger partial charge on any atom is -0.382 e. The number of nitrogens with two attached hydrogens (primary N) is 1. The molecule has 2 N–H and O–H groups in total. The van der Waals surface area contributed by atoms with Gasteiger partial charge in [-0.1, -0.05) is 0 Å². The number of amides is 1. The summed E-state index contributed by atoms with van der Waals surface area (Å²) in [4.78, 5) is 26.2. The van der Waals surface area contributed by atoms with Crippen molar-refractivity contribution < 1.29 is 31.1 Å². The summed E-state index contributed by atoms with van der Waals surface area (Å²) >= 11 is 0. The van der Waals surface area contributed by atoms with Crippen molar-refractivity contribution in [1.29, 1.82) is 0 Å². The first kappa shape index (κ1) is 24.0. The first-order chi connectivity index (χ1) is 17.5. The number of rotatable bonds is 5. The molecule has 0 aliphatic heterocycles. The summed E-state index contributed by atoms with van der Waals surface area (Å²) in [7, 11) is 0. The highest BCUT2D eigenvalue weighted by molar-refractivity contribution is 6.07. The highest BCUT2D eigenvalue weighted by Crippen LogP contribution is 2.30. The lowest BCUT2D eigenvalue weighted by Gasteiger charge is -2.21. The van der Waals surface area contributed by atoms with Gasteiger partial charge in [0, 0.05) is 12.3 Å². The molecule has 0 saturated heterocycles. The van der Waals surface area contributed by atoms with E-state index in [4.69, 9.17) is 5.73 Å². The molecule has 0 bridgehead atoms. The van der Waals surface area contributed by atoms with Crippen LogP contribution in [-0.2, 0) is 12.7 Å². The lowest BCUT2D eigenvalue weighted by atomic mass is 10.1. The van der Waals surface area contributed by atoms with Crippen LogP contribution in [0.2, 0.25) is 0 Å². The van der Waals surface area contributed by atoms with Crippen molar-refractivity contribution in [3.05, 3.63) is 78.0 Å². The van der Waals surface area contributed by atoms with Crippen molar-refractivity contribution >= 4 is 34.0 Å². The lowest BCUT2D eigenvalue weighted by Crippen LogP contribution is -2.31. The number of pyridine rings is 1. The van der Waals surface area contributed by atoms with Gasteiger partial charge in [0.05, 0.1) is 65.0 Å². The van der Waals surface area contributed by atoms with E-state index < -0.39 is 42.1 Å². The normalized spacial score (nSPS) is 12.1. The van der Waals surface area contributed by atoms with E-state index in [1.807, 2.05) is 0 Å². The molecule has 0 unspecified atom stereocenters. The van der Waals surface area contributed by atoms with Crippen LogP contribution in [0.15, 0.2) is 55.4 Å². The number of fused-ring (bicyclic) bond motifs is 3. The maximum atomic E-state index is 15.1. The predicted octanol–water partition coefficient (Wildman–Crippen LogP) is 4.46. The van der Waals surface area contributed by atoms with E-state index in [-0.39, 0.29) is 32.9 Å². The van der Waals surface area contributed by atoms with Gasteiger partial charge in [-0.25, -0.2) is 19.0 Å². The zero-order valence-corrected chi connectivity index (χ0v) is 18.4. The molecule has 0 aliphatic carbocycles. The molecule has 5 aromatic rings. The quantitative estimate of drug-likeness (QED) is 0.343. The number of nitrogens with zero attached hydrogens (tertiary/aromatic N) is 7. The van der Waals surface area contributed by atoms with E-state index in [2.05, 4.69) is 20.1 Å². The Labute approximate surface area is 202 Å². The van der Waals surface area contributed by atoms with Crippen LogP contribution < -0.4 is 10.6 Å². The van der Waals surface area contributed by atoms with Crippen LogP contribution in [0.1, 0.15) is 28.2 Å². The second-order valence-electron chi connectivity index (χ2n) is 7.85. The Balaban J connectivity index is 1.59. The third kappa shape index (κ3) is 4.39. The zero-order valence-electron chi connectivity index (χ0n) is 18.4. The standard InChI is InChI=1S/C22H14F6N8O/c23-15-4-16-17(35-10-30-7-18(35)19(29)33-16)3-14(15)20(37)34(13-6-32-36(9-13)21(24)25)8-12-2-1-11(5-31-12)22(26,27)28/h1-7,9-10,21H,8H2,(H2,29,33). The average molecular weight is 520 g/mol. The Morgan fingerprint density at radius 3 is 2.54 bits per heavy atom. The van der Waals surface area contributed by atoms with Crippen molar-refractivity contribution in [2.75, 3.05) is 10.6 Å². The zero-order chi connectivity index (χ0) is 26.5. The third-order valence-electron chi connectivity index (χ3n) is 5.51. The molecule has 0 aliphatic rings. The van der Waals surface area contributed by atoms with Gasteiger partial charge < -0.3 is 5.73 Å². The summed E-state index contributed by atoms with van der Waals surface area (Å²) in [5.74, 6) is -1.90. The van der Waals surface area contributed by atoms with Crippen LogP contribution in [0.5, 0.6) is 0 Å². The summed E-state index contributed by atoms with van der Waals surface area (Å²) in [5.41, 5.74) is 5.02. The van der Waals surface area contributed by atoms with Crippen molar-refractivity contribution in [3.8, 4) is 0 Å². The number of halogens is 6. The number of hydrogen-bond donors (Lipinski definition) is 1. The molecule has 190 valence electrons. The number of anilines is 2. The SMILES string of the molecule is Nc1nc2cc(F)c(C(=O)N(Cc3ccc(C(F)(F)F)cn3)c3cnn(C(F)F)c3)cc2n2cncc12. The van der Waals surface area contributed by atoms with E-state index in [1.54, 1.807) is 0 Å². The summed E-state index contributed by atoms with van der Waals surface area (Å²) < 4.78 is 81.9.